The second-order valence-electron chi connectivity index (χ2n) is 7.10. The summed E-state index contributed by atoms with van der Waals surface area (Å²) in [6.45, 7) is 5.73. The highest BCUT2D eigenvalue weighted by Gasteiger charge is 2.10. The molecule has 0 aliphatic rings. The fraction of sp³-hybridized carbons (Fsp3) is 0.160. The summed E-state index contributed by atoms with van der Waals surface area (Å²) in [6.07, 6.45) is 1.50. The van der Waals surface area contributed by atoms with E-state index in [4.69, 9.17) is 9.47 Å². The number of aryl methyl sites for hydroxylation is 3. The predicted octanol–water partition coefficient (Wildman–Crippen LogP) is 4.36. The van der Waals surface area contributed by atoms with E-state index in [2.05, 4.69) is 10.5 Å². The highest BCUT2D eigenvalue weighted by atomic mass is 16.5. The van der Waals surface area contributed by atoms with Crippen molar-refractivity contribution in [2.45, 2.75) is 20.8 Å². The third-order valence-electron chi connectivity index (χ3n) is 4.71. The molecule has 1 N–H and O–H groups in total. The van der Waals surface area contributed by atoms with Gasteiger partial charge in [-0.2, -0.15) is 5.10 Å². The number of nitrogens with zero attached hydrogens (tertiary/aromatic N) is 1. The van der Waals surface area contributed by atoms with Gasteiger partial charge in [0.05, 0.1) is 11.8 Å². The molecule has 0 aromatic heterocycles. The Kier molecular flexibility index (Phi) is 7.17. The normalized spacial score (nSPS) is 10.7. The molecule has 0 fully saturated rings. The number of ether oxygens (including phenoxy) is 2. The fourth-order valence-electron chi connectivity index (χ4n) is 2.75. The van der Waals surface area contributed by atoms with Gasteiger partial charge in [0.2, 0.25) is 0 Å². The molecule has 3 aromatic carbocycles. The molecule has 0 aliphatic heterocycles. The zero-order valence-corrected chi connectivity index (χ0v) is 17.7. The maximum absolute atomic E-state index is 12.3. The van der Waals surface area contributed by atoms with Gasteiger partial charge in [-0.05, 0) is 85.5 Å². The second-order valence-corrected chi connectivity index (χ2v) is 7.10. The Morgan fingerprint density at radius 2 is 1.58 bits per heavy atom. The summed E-state index contributed by atoms with van der Waals surface area (Å²) in [4.78, 5) is 24.1. The van der Waals surface area contributed by atoms with E-state index in [1.807, 2.05) is 51.1 Å². The minimum Gasteiger partial charge on any atom is -0.484 e. The van der Waals surface area contributed by atoms with Crippen molar-refractivity contribution in [2.75, 3.05) is 6.61 Å². The van der Waals surface area contributed by atoms with Crippen LogP contribution in [0.25, 0.3) is 0 Å². The van der Waals surface area contributed by atoms with E-state index in [9.17, 15) is 9.59 Å². The van der Waals surface area contributed by atoms with Gasteiger partial charge in [-0.25, -0.2) is 10.2 Å². The van der Waals surface area contributed by atoms with Crippen LogP contribution in [-0.4, -0.2) is 24.7 Å². The number of carbonyl (C=O) groups excluding carboxylic acids is 2. The summed E-state index contributed by atoms with van der Waals surface area (Å²) in [6, 6.07) is 19.7. The first kappa shape index (κ1) is 21.8. The van der Waals surface area contributed by atoms with Crippen LogP contribution in [0, 0.1) is 20.8 Å². The molecule has 0 heterocycles. The summed E-state index contributed by atoms with van der Waals surface area (Å²) < 4.78 is 10.9. The smallest absolute Gasteiger partial charge is 0.343 e. The van der Waals surface area contributed by atoms with Crippen molar-refractivity contribution in [1.29, 1.82) is 0 Å². The molecular weight excluding hydrogens is 392 g/mol. The van der Waals surface area contributed by atoms with Gasteiger partial charge < -0.3 is 9.47 Å². The number of amides is 1. The van der Waals surface area contributed by atoms with Crippen LogP contribution in [-0.2, 0) is 4.79 Å². The van der Waals surface area contributed by atoms with Crippen molar-refractivity contribution >= 4 is 18.1 Å². The zero-order valence-electron chi connectivity index (χ0n) is 17.7. The zero-order chi connectivity index (χ0) is 22.2. The van der Waals surface area contributed by atoms with E-state index in [1.165, 1.54) is 6.21 Å². The van der Waals surface area contributed by atoms with Gasteiger partial charge >= 0.3 is 5.97 Å². The van der Waals surface area contributed by atoms with Gasteiger partial charge in [0.25, 0.3) is 5.91 Å². The Bertz CT molecular complexity index is 1100. The van der Waals surface area contributed by atoms with Crippen LogP contribution in [0.2, 0.25) is 0 Å². The molecule has 0 saturated heterocycles. The first-order valence-corrected chi connectivity index (χ1v) is 9.82. The number of nitrogens with one attached hydrogen (secondary N) is 1. The maximum atomic E-state index is 12.3. The van der Waals surface area contributed by atoms with Crippen LogP contribution in [0.3, 0.4) is 0 Å². The minimum atomic E-state index is -0.407. The summed E-state index contributed by atoms with van der Waals surface area (Å²) >= 11 is 0. The lowest BCUT2D eigenvalue weighted by Gasteiger charge is -2.07. The molecule has 31 heavy (non-hydrogen) atoms. The lowest BCUT2D eigenvalue weighted by Crippen LogP contribution is -2.24. The van der Waals surface area contributed by atoms with Crippen LogP contribution < -0.4 is 14.9 Å². The number of hydrogen-bond acceptors (Lipinski definition) is 5. The van der Waals surface area contributed by atoms with Crippen molar-refractivity contribution in [3.63, 3.8) is 0 Å². The van der Waals surface area contributed by atoms with Gasteiger partial charge in [-0.3, -0.25) is 4.79 Å². The van der Waals surface area contributed by atoms with Crippen LogP contribution in [0.5, 0.6) is 11.5 Å². The van der Waals surface area contributed by atoms with Crippen LogP contribution >= 0.6 is 0 Å². The molecule has 0 bridgehead atoms. The molecular formula is C25H24N2O4. The number of hydrazone groups is 1. The monoisotopic (exact) mass is 416 g/mol. The Balaban J connectivity index is 1.47. The number of carbonyl (C=O) groups is 2. The van der Waals surface area contributed by atoms with E-state index in [0.717, 1.165) is 22.3 Å². The topological polar surface area (TPSA) is 77.0 Å². The van der Waals surface area contributed by atoms with Gasteiger partial charge in [0.15, 0.2) is 6.61 Å². The molecule has 3 rings (SSSR count). The Morgan fingerprint density at radius 3 is 2.29 bits per heavy atom. The summed E-state index contributed by atoms with van der Waals surface area (Å²) in [5, 5.41) is 3.92. The number of benzene rings is 3. The second kappa shape index (κ2) is 10.2. The Labute approximate surface area is 181 Å². The lowest BCUT2D eigenvalue weighted by atomic mass is 10.1. The van der Waals surface area contributed by atoms with Crippen LogP contribution in [0.1, 0.15) is 32.6 Å². The first-order valence-electron chi connectivity index (χ1n) is 9.82. The molecule has 0 saturated carbocycles. The predicted molar refractivity (Wildman–Crippen MR) is 120 cm³/mol. The number of esters is 1. The molecule has 0 aliphatic carbocycles. The van der Waals surface area contributed by atoms with E-state index in [0.29, 0.717) is 17.1 Å². The minimum absolute atomic E-state index is 0.131. The van der Waals surface area contributed by atoms with Crippen molar-refractivity contribution in [2.24, 2.45) is 5.10 Å². The van der Waals surface area contributed by atoms with E-state index >= 15 is 0 Å². The largest absolute Gasteiger partial charge is 0.484 e. The van der Waals surface area contributed by atoms with Crippen LogP contribution in [0.15, 0.2) is 71.8 Å². The van der Waals surface area contributed by atoms with E-state index < -0.39 is 5.97 Å². The van der Waals surface area contributed by atoms with Crippen LogP contribution in [0.4, 0.5) is 0 Å². The quantitative estimate of drug-likeness (QED) is 0.269. The average Bonchev–Trinajstić information content (AvgIpc) is 2.76. The Morgan fingerprint density at radius 1 is 0.871 bits per heavy atom. The van der Waals surface area contributed by atoms with Crippen molar-refractivity contribution in [1.82, 2.24) is 5.43 Å². The van der Waals surface area contributed by atoms with E-state index in [1.54, 1.807) is 36.4 Å². The molecule has 3 aromatic rings. The highest BCUT2D eigenvalue weighted by molar-refractivity contribution is 5.92. The molecule has 0 atom stereocenters. The summed E-state index contributed by atoms with van der Waals surface area (Å²) in [5.74, 6) is 0.295. The third kappa shape index (κ3) is 6.27. The molecule has 0 unspecified atom stereocenters. The molecule has 0 spiro atoms. The molecule has 6 nitrogen and oxygen atoms in total. The highest BCUT2D eigenvalue weighted by Crippen LogP contribution is 2.17. The van der Waals surface area contributed by atoms with E-state index in [-0.39, 0.29) is 12.5 Å². The summed E-state index contributed by atoms with van der Waals surface area (Å²) in [5.41, 5.74) is 6.81. The lowest BCUT2D eigenvalue weighted by molar-refractivity contribution is -0.123. The molecule has 158 valence electrons. The van der Waals surface area contributed by atoms with Crippen molar-refractivity contribution in [3.05, 3.63) is 94.5 Å². The SMILES string of the molecule is Cc1ccc(OCC(=O)N/N=C/c2ccc(OC(=O)c3ccccc3C)cc2)cc1C. The van der Waals surface area contributed by atoms with Gasteiger partial charge in [-0.1, -0.05) is 24.3 Å². The average molecular weight is 416 g/mol. The van der Waals surface area contributed by atoms with Gasteiger partial charge in [-0.15, -0.1) is 0 Å². The molecule has 1 amide bonds. The maximum Gasteiger partial charge on any atom is 0.343 e. The number of hydrogen-bond donors (Lipinski definition) is 1. The fourth-order valence-corrected chi connectivity index (χ4v) is 2.75. The Hall–Kier alpha value is -3.93. The van der Waals surface area contributed by atoms with Gasteiger partial charge in [0, 0.05) is 0 Å². The first-order chi connectivity index (χ1) is 14.9. The number of rotatable bonds is 7. The van der Waals surface area contributed by atoms with Gasteiger partial charge in [0.1, 0.15) is 11.5 Å². The summed E-state index contributed by atoms with van der Waals surface area (Å²) in [7, 11) is 0. The third-order valence-corrected chi connectivity index (χ3v) is 4.71. The molecule has 0 radical (unpaired) electrons. The van der Waals surface area contributed by atoms with Crippen molar-refractivity contribution in [3.8, 4) is 11.5 Å². The molecule has 6 heteroatoms. The van der Waals surface area contributed by atoms with Crippen molar-refractivity contribution < 1.29 is 19.1 Å². The standard InChI is InChI=1S/C25H24N2O4/c1-17-8-11-22(14-19(17)3)30-16-24(28)27-26-15-20-9-12-21(13-10-20)31-25(29)23-7-5-4-6-18(23)2/h4-15H,16H2,1-3H3,(H,27,28)/b26-15+.